The Morgan fingerprint density at radius 1 is 0.778 bits per heavy atom. The van der Waals surface area contributed by atoms with Crippen LogP contribution >= 0.6 is 23.5 Å². The van der Waals surface area contributed by atoms with Gasteiger partial charge >= 0.3 is 0 Å². The Bertz CT molecular complexity index is 149. The summed E-state index contributed by atoms with van der Waals surface area (Å²) >= 11 is 3.67. The molecule has 0 aromatic carbocycles. The molecule has 110 valence electrons. The Kier molecular flexibility index (Phi) is 16.2. The predicted octanol–water partition coefficient (Wildman–Crippen LogP) is 3.90. The van der Waals surface area contributed by atoms with Crippen molar-refractivity contribution in [1.82, 2.24) is 0 Å². The first-order valence-electron chi connectivity index (χ1n) is 7.30. The Morgan fingerprint density at radius 3 is 1.78 bits per heavy atom. The van der Waals surface area contributed by atoms with Crippen LogP contribution in [-0.4, -0.2) is 39.5 Å². The minimum absolute atomic E-state index is 0.262. The van der Waals surface area contributed by atoms with Crippen LogP contribution in [0.5, 0.6) is 0 Å². The third kappa shape index (κ3) is 13.1. The maximum atomic E-state index is 8.85. The topological polar surface area (TPSA) is 40.5 Å². The summed E-state index contributed by atoms with van der Waals surface area (Å²) in [5, 5.41) is 17.7. The monoisotopic (exact) mass is 294 g/mol. The van der Waals surface area contributed by atoms with E-state index in [9.17, 15) is 0 Å². The number of hydrogen-bond donors (Lipinski definition) is 2. The van der Waals surface area contributed by atoms with E-state index < -0.39 is 0 Å². The van der Waals surface area contributed by atoms with Crippen LogP contribution in [0.25, 0.3) is 0 Å². The summed E-state index contributed by atoms with van der Waals surface area (Å²) in [6, 6.07) is 0. The second kappa shape index (κ2) is 15.7. The van der Waals surface area contributed by atoms with Crippen LogP contribution < -0.4 is 0 Å². The lowest BCUT2D eigenvalue weighted by molar-refractivity contribution is 0.322. The van der Waals surface area contributed by atoms with E-state index in [4.69, 9.17) is 10.2 Å². The molecule has 0 heterocycles. The summed E-state index contributed by atoms with van der Waals surface area (Å²) in [4.78, 5) is 0. The highest BCUT2D eigenvalue weighted by Gasteiger charge is 2.08. The molecule has 0 rings (SSSR count). The molecular weight excluding hydrogens is 264 g/mol. The fraction of sp³-hybridized carbons (Fsp3) is 1.00. The van der Waals surface area contributed by atoms with Crippen LogP contribution in [0, 0.1) is 0 Å². The van der Waals surface area contributed by atoms with Crippen molar-refractivity contribution in [2.24, 2.45) is 0 Å². The van der Waals surface area contributed by atoms with E-state index in [2.05, 4.69) is 6.92 Å². The lowest BCUT2D eigenvalue weighted by Gasteiger charge is -2.15. The van der Waals surface area contributed by atoms with Crippen molar-refractivity contribution in [2.75, 3.05) is 24.7 Å². The highest BCUT2D eigenvalue weighted by Crippen LogP contribution is 2.28. The average Bonchev–Trinajstić information content (AvgIpc) is 2.40. The second-order valence-electron chi connectivity index (χ2n) is 4.53. The molecule has 0 radical (unpaired) electrons. The molecule has 0 saturated heterocycles. The Hall–Kier alpha value is 0.620. The van der Waals surface area contributed by atoms with Gasteiger partial charge in [0.05, 0.1) is 17.8 Å². The number of aliphatic hydroxyl groups excluding tert-OH is 2. The number of thioether (sulfide) groups is 2. The van der Waals surface area contributed by atoms with Gasteiger partial charge in [0.1, 0.15) is 0 Å². The van der Waals surface area contributed by atoms with Crippen molar-refractivity contribution in [3.05, 3.63) is 0 Å². The van der Waals surface area contributed by atoms with E-state index in [-0.39, 0.29) is 13.2 Å². The standard InChI is InChI=1S/C14H30O2S2/c1-2-3-4-5-6-7-8-9-14(17-12-10-15)18-13-11-16/h14-16H,2-13H2,1H3. The number of aliphatic hydroxyl groups is 2. The van der Waals surface area contributed by atoms with Gasteiger partial charge in [0.25, 0.3) is 0 Å². The third-order valence-corrected chi connectivity index (χ3v) is 5.70. The van der Waals surface area contributed by atoms with Gasteiger partial charge in [0, 0.05) is 11.5 Å². The zero-order valence-electron chi connectivity index (χ0n) is 11.8. The van der Waals surface area contributed by atoms with Crippen LogP contribution in [0.2, 0.25) is 0 Å². The molecule has 2 nitrogen and oxygen atoms in total. The molecule has 0 aliphatic heterocycles. The van der Waals surface area contributed by atoms with Gasteiger partial charge in [-0.15, -0.1) is 23.5 Å². The number of rotatable bonds is 14. The minimum atomic E-state index is 0.262. The second-order valence-corrected chi connectivity index (χ2v) is 7.45. The summed E-state index contributed by atoms with van der Waals surface area (Å²) in [5.41, 5.74) is 0. The van der Waals surface area contributed by atoms with Crippen molar-refractivity contribution in [2.45, 2.75) is 62.9 Å². The Morgan fingerprint density at radius 2 is 1.28 bits per heavy atom. The van der Waals surface area contributed by atoms with Crippen LogP contribution in [0.1, 0.15) is 58.3 Å². The molecule has 0 amide bonds. The minimum Gasteiger partial charge on any atom is -0.396 e. The van der Waals surface area contributed by atoms with Crippen LogP contribution in [0.4, 0.5) is 0 Å². The van der Waals surface area contributed by atoms with Gasteiger partial charge in [-0.25, -0.2) is 0 Å². The Labute approximate surface area is 121 Å². The van der Waals surface area contributed by atoms with Crippen molar-refractivity contribution in [3.8, 4) is 0 Å². The van der Waals surface area contributed by atoms with Crippen molar-refractivity contribution < 1.29 is 10.2 Å². The zero-order chi connectivity index (χ0) is 13.5. The molecule has 2 N–H and O–H groups in total. The van der Waals surface area contributed by atoms with Gasteiger partial charge in [0.2, 0.25) is 0 Å². The van der Waals surface area contributed by atoms with Gasteiger partial charge in [-0.1, -0.05) is 51.9 Å². The first kappa shape index (κ1) is 18.6. The molecule has 0 aliphatic rings. The summed E-state index contributed by atoms with van der Waals surface area (Å²) in [6.45, 7) is 2.77. The fourth-order valence-electron chi connectivity index (χ4n) is 1.85. The van der Waals surface area contributed by atoms with Gasteiger partial charge < -0.3 is 10.2 Å². The molecule has 18 heavy (non-hydrogen) atoms. The van der Waals surface area contributed by atoms with Crippen LogP contribution in [0.3, 0.4) is 0 Å². The quantitative estimate of drug-likeness (QED) is 0.376. The molecular formula is C14H30O2S2. The SMILES string of the molecule is CCCCCCCCCC(SCCO)SCCO. The highest BCUT2D eigenvalue weighted by molar-refractivity contribution is 8.17. The fourth-order valence-corrected chi connectivity index (χ4v) is 4.22. The normalized spacial score (nSPS) is 11.3. The molecule has 0 saturated carbocycles. The summed E-state index contributed by atoms with van der Waals surface area (Å²) < 4.78 is 0.556. The number of hydrogen-bond acceptors (Lipinski definition) is 4. The average molecular weight is 295 g/mol. The van der Waals surface area contributed by atoms with Crippen molar-refractivity contribution >= 4 is 23.5 Å². The smallest absolute Gasteiger partial charge is 0.0522 e. The first-order valence-corrected chi connectivity index (χ1v) is 9.39. The first-order chi connectivity index (χ1) is 8.85. The van der Waals surface area contributed by atoms with Crippen molar-refractivity contribution in [3.63, 3.8) is 0 Å². The Balaban J connectivity index is 3.43. The van der Waals surface area contributed by atoms with E-state index in [0.717, 1.165) is 11.5 Å². The summed E-state index contributed by atoms with van der Waals surface area (Å²) in [6.07, 6.45) is 10.7. The van der Waals surface area contributed by atoms with Gasteiger partial charge in [-0.2, -0.15) is 0 Å². The molecule has 0 unspecified atom stereocenters. The molecule has 0 bridgehead atoms. The third-order valence-electron chi connectivity index (χ3n) is 2.83. The molecule has 0 fully saturated rings. The summed E-state index contributed by atoms with van der Waals surface area (Å²) in [7, 11) is 0. The zero-order valence-corrected chi connectivity index (χ0v) is 13.4. The van der Waals surface area contributed by atoms with Gasteiger partial charge in [-0.3, -0.25) is 0 Å². The van der Waals surface area contributed by atoms with E-state index in [1.54, 1.807) is 0 Å². The maximum Gasteiger partial charge on any atom is 0.0522 e. The molecule has 0 aliphatic carbocycles. The van der Waals surface area contributed by atoms with Crippen molar-refractivity contribution in [1.29, 1.82) is 0 Å². The summed E-state index contributed by atoms with van der Waals surface area (Å²) in [5.74, 6) is 1.64. The lowest BCUT2D eigenvalue weighted by atomic mass is 10.1. The molecule has 0 aromatic heterocycles. The van der Waals surface area contributed by atoms with Crippen LogP contribution in [0.15, 0.2) is 0 Å². The molecule has 0 spiro atoms. The maximum absolute atomic E-state index is 8.85. The van der Waals surface area contributed by atoms with E-state index in [1.165, 1.54) is 51.4 Å². The predicted molar refractivity (Wildman–Crippen MR) is 85.5 cm³/mol. The largest absolute Gasteiger partial charge is 0.396 e. The van der Waals surface area contributed by atoms with E-state index in [0.29, 0.717) is 4.58 Å². The highest BCUT2D eigenvalue weighted by atomic mass is 32.2. The number of unbranched alkanes of at least 4 members (excludes halogenated alkanes) is 6. The molecule has 0 aromatic rings. The molecule has 0 atom stereocenters. The van der Waals surface area contributed by atoms with Gasteiger partial charge in [0.15, 0.2) is 0 Å². The van der Waals surface area contributed by atoms with Gasteiger partial charge in [-0.05, 0) is 6.42 Å². The molecule has 4 heteroatoms. The lowest BCUT2D eigenvalue weighted by Crippen LogP contribution is -2.03. The van der Waals surface area contributed by atoms with E-state index in [1.807, 2.05) is 23.5 Å². The van der Waals surface area contributed by atoms with E-state index >= 15 is 0 Å². The van der Waals surface area contributed by atoms with Crippen LogP contribution in [-0.2, 0) is 0 Å².